The van der Waals surface area contributed by atoms with E-state index in [1.807, 2.05) is 18.2 Å². The van der Waals surface area contributed by atoms with Gasteiger partial charge in [0.25, 0.3) is 5.91 Å². The maximum absolute atomic E-state index is 12.3. The summed E-state index contributed by atoms with van der Waals surface area (Å²) in [4.78, 5) is 34.6. The van der Waals surface area contributed by atoms with Gasteiger partial charge in [-0.15, -0.1) is 0 Å². The molecule has 3 rings (SSSR count). The van der Waals surface area contributed by atoms with E-state index in [4.69, 9.17) is 0 Å². The predicted octanol–water partition coefficient (Wildman–Crippen LogP) is 0.453. The second kappa shape index (κ2) is 7.85. The van der Waals surface area contributed by atoms with E-state index < -0.39 is 0 Å². The molecule has 7 nitrogen and oxygen atoms in total. The average Bonchev–Trinajstić information content (AvgIpc) is 3.04. The molecule has 2 amide bonds. The highest BCUT2D eigenvalue weighted by atomic mass is 16.2. The minimum absolute atomic E-state index is 0.0742. The molecule has 1 aliphatic rings. The van der Waals surface area contributed by atoms with Crippen molar-refractivity contribution in [3.05, 3.63) is 60.2 Å². The van der Waals surface area contributed by atoms with Crippen molar-refractivity contribution in [2.45, 2.75) is 12.6 Å². The van der Waals surface area contributed by atoms with Crippen LogP contribution in [0.5, 0.6) is 0 Å². The molecule has 2 aromatic rings. The van der Waals surface area contributed by atoms with E-state index in [1.54, 1.807) is 13.1 Å². The number of nitrogens with one attached hydrogen (secondary N) is 2. The molecule has 0 aliphatic carbocycles. The molecule has 2 atom stereocenters. The minimum atomic E-state index is -0.360. The normalized spacial score (nSPS) is 20.2. The van der Waals surface area contributed by atoms with Crippen LogP contribution in [0.15, 0.2) is 48.8 Å². The Morgan fingerprint density at radius 3 is 2.52 bits per heavy atom. The zero-order valence-electron chi connectivity index (χ0n) is 14.1. The lowest BCUT2D eigenvalue weighted by Gasteiger charge is -2.18. The summed E-state index contributed by atoms with van der Waals surface area (Å²) in [6.45, 7) is 1.93. The number of nitrogens with zero attached hydrogens (tertiary/aromatic N) is 3. The topological polar surface area (TPSA) is 87.2 Å². The summed E-state index contributed by atoms with van der Waals surface area (Å²) in [7, 11) is 1.61. The van der Waals surface area contributed by atoms with Crippen molar-refractivity contribution in [3.63, 3.8) is 0 Å². The van der Waals surface area contributed by atoms with Crippen LogP contribution in [0.3, 0.4) is 0 Å². The van der Waals surface area contributed by atoms with Gasteiger partial charge in [0, 0.05) is 39.1 Å². The third-order valence-corrected chi connectivity index (χ3v) is 4.31. The molecule has 0 spiro atoms. The van der Waals surface area contributed by atoms with E-state index in [0.717, 1.165) is 6.54 Å². The van der Waals surface area contributed by atoms with Gasteiger partial charge in [0.1, 0.15) is 0 Å². The molecule has 130 valence electrons. The maximum atomic E-state index is 12.3. The van der Waals surface area contributed by atoms with Crippen LogP contribution in [0.2, 0.25) is 0 Å². The first-order valence-corrected chi connectivity index (χ1v) is 8.23. The van der Waals surface area contributed by atoms with Gasteiger partial charge in [-0.2, -0.15) is 0 Å². The third kappa shape index (κ3) is 4.19. The zero-order chi connectivity index (χ0) is 17.6. The van der Waals surface area contributed by atoms with E-state index in [2.05, 4.69) is 37.6 Å². The van der Waals surface area contributed by atoms with E-state index in [0.29, 0.717) is 13.1 Å². The molecule has 1 aromatic carbocycles. The van der Waals surface area contributed by atoms with Crippen molar-refractivity contribution in [2.75, 3.05) is 20.1 Å². The molecular formula is C18H21N5O2. The molecule has 0 unspecified atom stereocenters. The second-order valence-corrected chi connectivity index (χ2v) is 6.05. The number of likely N-dealkylation sites (tertiary alicyclic amines) is 1. The van der Waals surface area contributed by atoms with Gasteiger partial charge in [0.05, 0.1) is 12.0 Å². The lowest BCUT2D eigenvalue weighted by Crippen LogP contribution is -2.46. The van der Waals surface area contributed by atoms with Gasteiger partial charge in [-0.05, 0) is 11.6 Å². The Balaban J connectivity index is 1.69. The molecule has 2 N–H and O–H groups in total. The van der Waals surface area contributed by atoms with E-state index in [1.165, 1.54) is 18.0 Å². The van der Waals surface area contributed by atoms with Gasteiger partial charge in [0.2, 0.25) is 11.7 Å². The fraction of sp³-hybridized carbons (Fsp3) is 0.333. The first-order valence-electron chi connectivity index (χ1n) is 8.23. The van der Waals surface area contributed by atoms with E-state index in [-0.39, 0.29) is 29.6 Å². The van der Waals surface area contributed by atoms with Gasteiger partial charge in [-0.3, -0.25) is 14.5 Å². The van der Waals surface area contributed by atoms with Gasteiger partial charge in [-0.25, -0.2) is 9.97 Å². The Kier molecular flexibility index (Phi) is 5.35. The van der Waals surface area contributed by atoms with Gasteiger partial charge in [-0.1, -0.05) is 30.3 Å². The van der Waals surface area contributed by atoms with Crippen molar-refractivity contribution >= 4 is 11.8 Å². The van der Waals surface area contributed by atoms with Crippen LogP contribution in [-0.4, -0.2) is 52.9 Å². The second-order valence-electron chi connectivity index (χ2n) is 6.05. The molecule has 1 fully saturated rings. The van der Waals surface area contributed by atoms with Crippen LogP contribution in [0.25, 0.3) is 0 Å². The highest BCUT2D eigenvalue weighted by Gasteiger charge is 2.38. The summed E-state index contributed by atoms with van der Waals surface area (Å²) in [5, 5.41) is 5.60. The molecule has 1 aliphatic heterocycles. The summed E-state index contributed by atoms with van der Waals surface area (Å²) in [5.74, 6) is -0.628. The lowest BCUT2D eigenvalue weighted by molar-refractivity contribution is -0.124. The van der Waals surface area contributed by atoms with Crippen LogP contribution >= 0.6 is 0 Å². The first-order chi connectivity index (χ1) is 12.2. The number of carbonyl (C=O) groups is 2. The monoisotopic (exact) mass is 339 g/mol. The van der Waals surface area contributed by atoms with Gasteiger partial charge in [0.15, 0.2) is 0 Å². The Hall–Kier alpha value is -2.80. The quantitative estimate of drug-likeness (QED) is 0.826. The summed E-state index contributed by atoms with van der Waals surface area (Å²) in [6, 6.07) is 11.4. The highest BCUT2D eigenvalue weighted by molar-refractivity contribution is 5.91. The third-order valence-electron chi connectivity index (χ3n) is 4.31. The van der Waals surface area contributed by atoms with Crippen molar-refractivity contribution in [1.29, 1.82) is 0 Å². The first kappa shape index (κ1) is 17.0. The van der Waals surface area contributed by atoms with Crippen LogP contribution in [0.4, 0.5) is 0 Å². The molecule has 7 heteroatoms. The molecule has 1 saturated heterocycles. The number of carbonyl (C=O) groups excluding carboxylic acids is 2. The summed E-state index contributed by atoms with van der Waals surface area (Å²) >= 11 is 0. The molecule has 1 aromatic heterocycles. The number of aromatic nitrogens is 2. The van der Waals surface area contributed by atoms with Crippen molar-refractivity contribution in [1.82, 2.24) is 25.5 Å². The Morgan fingerprint density at radius 1 is 1.12 bits per heavy atom. The number of hydrogen-bond acceptors (Lipinski definition) is 5. The fourth-order valence-corrected chi connectivity index (χ4v) is 3.10. The van der Waals surface area contributed by atoms with Gasteiger partial charge < -0.3 is 10.6 Å². The van der Waals surface area contributed by atoms with E-state index >= 15 is 0 Å². The molecule has 2 heterocycles. The lowest BCUT2D eigenvalue weighted by atomic mass is 10.0. The number of amides is 2. The highest BCUT2D eigenvalue weighted by Crippen LogP contribution is 2.20. The van der Waals surface area contributed by atoms with Crippen molar-refractivity contribution in [2.24, 2.45) is 5.92 Å². The van der Waals surface area contributed by atoms with Gasteiger partial charge >= 0.3 is 0 Å². The Morgan fingerprint density at radius 2 is 1.84 bits per heavy atom. The molecule has 0 saturated carbocycles. The molecular weight excluding hydrogens is 318 g/mol. The molecule has 0 radical (unpaired) electrons. The average molecular weight is 339 g/mol. The number of rotatable bonds is 5. The number of hydrogen-bond donors (Lipinski definition) is 2. The Labute approximate surface area is 146 Å². The van der Waals surface area contributed by atoms with Crippen LogP contribution < -0.4 is 10.6 Å². The maximum Gasteiger partial charge on any atom is 0.289 e. The number of benzene rings is 1. The fourth-order valence-electron chi connectivity index (χ4n) is 3.10. The zero-order valence-corrected chi connectivity index (χ0v) is 14.1. The van der Waals surface area contributed by atoms with Crippen LogP contribution in [0.1, 0.15) is 16.2 Å². The van der Waals surface area contributed by atoms with Crippen molar-refractivity contribution in [3.8, 4) is 0 Å². The minimum Gasteiger partial charge on any atom is -0.359 e. The summed E-state index contributed by atoms with van der Waals surface area (Å²) < 4.78 is 0. The standard InChI is InChI=1S/C18H21N5O2/c1-19-17(24)14-11-23(10-13-6-3-2-4-7-13)12-15(14)22-18(25)16-20-8-5-9-21-16/h2-9,14-15H,10-12H2,1H3,(H,19,24)(H,22,25)/t14-,15-/m0/s1. The Bertz CT molecular complexity index is 723. The SMILES string of the molecule is CNC(=O)[C@H]1CN(Cc2ccccc2)C[C@@H]1NC(=O)c1ncccn1. The van der Waals surface area contributed by atoms with Crippen LogP contribution in [0, 0.1) is 5.92 Å². The van der Waals surface area contributed by atoms with Crippen LogP contribution in [-0.2, 0) is 11.3 Å². The summed E-state index contributed by atoms with van der Waals surface area (Å²) in [6.07, 6.45) is 3.04. The van der Waals surface area contributed by atoms with E-state index in [9.17, 15) is 9.59 Å². The smallest absolute Gasteiger partial charge is 0.289 e. The molecule has 25 heavy (non-hydrogen) atoms. The molecule has 0 bridgehead atoms. The van der Waals surface area contributed by atoms with Crippen molar-refractivity contribution < 1.29 is 9.59 Å². The predicted molar refractivity (Wildman–Crippen MR) is 92.6 cm³/mol. The summed E-state index contributed by atoms with van der Waals surface area (Å²) in [5.41, 5.74) is 1.18. The largest absolute Gasteiger partial charge is 0.359 e.